The first kappa shape index (κ1) is 17.2. The third kappa shape index (κ3) is 4.68. The molecule has 0 bridgehead atoms. The van der Waals surface area contributed by atoms with Crippen LogP contribution >= 0.6 is 0 Å². The lowest BCUT2D eigenvalue weighted by molar-refractivity contribution is -0.116. The van der Waals surface area contributed by atoms with Crippen LogP contribution in [-0.2, 0) is 24.3 Å². The second-order valence-electron chi connectivity index (χ2n) is 6.43. The van der Waals surface area contributed by atoms with E-state index >= 15 is 0 Å². The van der Waals surface area contributed by atoms with Gasteiger partial charge in [-0.25, -0.2) is 0 Å². The van der Waals surface area contributed by atoms with Gasteiger partial charge in [0.25, 0.3) is 0 Å². The smallest absolute Gasteiger partial charge is 0.244 e. The molecule has 132 valence electrons. The molecule has 2 aromatic rings. The number of carbonyl (C=O) groups is 1. The van der Waals surface area contributed by atoms with Gasteiger partial charge in [0.15, 0.2) is 5.82 Å². The van der Waals surface area contributed by atoms with E-state index in [1.807, 2.05) is 38.1 Å². The number of nitrogens with one attached hydrogen (secondary N) is 1. The van der Waals surface area contributed by atoms with Gasteiger partial charge in [-0.1, -0.05) is 12.1 Å². The van der Waals surface area contributed by atoms with E-state index in [1.54, 1.807) is 6.08 Å². The quantitative estimate of drug-likeness (QED) is 0.821. The molecule has 6 nitrogen and oxygen atoms in total. The Bertz CT molecular complexity index is 765. The van der Waals surface area contributed by atoms with Crippen molar-refractivity contribution in [3.63, 3.8) is 0 Å². The Labute approximate surface area is 147 Å². The molecule has 0 unspecified atom stereocenters. The molecule has 0 fully saturated rings. The lowest BCUT2D eigenvalue weighted by Crippen LogP contribution is -2.24. The van der Waals surface area contributed by atoms with Crippen molar-refractivity contribution in [2.24, 2.45) is 0 Å². The summed E-state index contributed by atoms with van der Waals surface area (Å²) in [6, 6.07) is 7.67. The summed E-state index contributed by atoms with van der Waals surface area (Å²) in [6.45, 7) is 5.30. The maximum absolute atomic E-state index is 12.1. The summed E-state index contributed by atoms with van der Waals surface area (Å²) in [5.74, 6) is 2.49. The molecule has 0 saturated heterocycles. The Hall–Kier alpha value is -2.63. The Morgan fingerprint density at radius 1 is 1.36 bits per heavy atom. The first-order valence-electron chi connectivity index (χ1n) is 8.75. The number of nitrogens with zero attached hydrogens (tertiary/aromatic N) is 3. The largest absolute Gasteiger partial charge is 0.491 e. The number of carbonyl (C=O) groups excluding carboxylic acids is 1. The first-order chi connectivity index (χ1) is 12.1. The molecule has 6 heteroatoms. The van der Waals surface area contributed by atoms with Crippen LogP contribution in [0.15, 0.2) is 30.3 Å². The van der Waals surface area contributed by atoms with Crippen molar-refractivity contribution in [1.29, 1.82) is 0 Å². The molecule has 3 rings (SSSR count). The molecule has 1 amide bonds. The van der Waals surface area contributed by atoms with Gasteiger partial charge < -0.3 is 14.6 Å². The molecule has 2 heterocycles. The first-order valence-corrected chi connectivity index (χ1v) is 8.75. The second kappa shape index (κ2) is 7.96. The van der Waals surface area contributed by atoms with Gasteiger partial charge in [-0.15, -0.1) is 10.2 Å². The van der Waals surface area contributed by atoms with E-state index in [9.17, 15) is 4.79 Å². The van der Waals surface area contributed by atoms with Crippen molar-refractivity contribution in [3.8, 4) is 5.75 Å². The minimum absolute atomic E-state index is 0.122. The van der Waals surface area contributed by atoms with Crippen LogP contribution in [0.3, 0.4) is 0 Å². The van der Waals surface area contributed by atoms with Gasteiger partial charge in [0.05, 0.1) is 12.6 Å². The third-order valence-corrected chi connectivity index (χ3v) is 4.01. The molecule has 0 spiro atoms. The molecular formula is C19H24N4O2. The van der Waals surface area contributed by atoms with Crippen LogP contribution in [0.5, 0.6) is 5.75 Å². The highest BCUT2D eigenvalue weighted by Crippen LogP contribution is 2.16. The summed E-state index contributed by atoms with van der Waals surface area (Å²) in [6.07, 6.45) is 6.70. The molecule has 1 aromatic carbocycles. The predicted molar refractivity (Wildman–Crippen MR) is 96.0 cm³/mol. The van der Waals surface area contributed by atoms with Crippen LogP contribution in [0.2, 0.25) is 0 Å². The van der Waals surface area contributed by atoms with Gasteiger partial charge in [0, 0.05) is 19.0 Å². The van der Waals surface area contributed by atoms with E-state index in [-0.39, 0.29) is 12.0 Å². The van der Waals surface area contributed by atoms with Crippen molar-refractivity contribution in [1.82, 2.24) is 20.1 Å². The Balaban J connectivity index is 1.55. The van der Waals surface area contributed by atoms with Gasteiger partial charge in [0.2, 0.25) is 5.91 Å². The van der Waals surface area contributed by atoms with Crippen molar-refractivity contribution < 1.29 is 9.53 Å². The maximum atomic E-state index is 12.1. The molecular weight excluding hydrogens is 316 g/mol. The van der Waals surface area contributed by atoms with Gasteiger partial charge in [0.1, 0.15) is 11.6 Å². The lowest BCUT2D eigenvalue weighted by atomic mass is 10.2. The number of hydrogen-bond donors (Lipinski definition) is 1. The van der Waals surface area contributed by atoms with Crippen LogP contribution in [-0.4, -0.2) is 26.8 Å². The fraction of sp³-hybridized carbons (Fsp3) is 0.421. The molecule has 0 radical (unpaired) electrons. The van der Waals surface area contributed by atoms with E-state index in [4.69, 9.17) is 4.74 Å². The lowest BCUT2D eigenvalue weighted by Gasteiger charge is -2.14. The average Bonchev–Trinajstić information content (AvgIpc) is 3.01. The highest BCUT2D eigenvalue weighted by Gasteiger charge is 2.15. The molecule has 1 N–H and O–H groups in total. The number of aryl methyl sites for hydroxylation is 1. The summed E-state index contributed by atoms with van der Waals surface area (Å²) in [5, 5.41) is 11.2. The molecule has 1 aliphatic heterocycles. The summed E-state index contributed by atoms with van der Waals surface area (Å²) >= 11 is 0. The molecule has 0 aliphatic carbocycles. The van der Waals surface area contributed by atoms with Gasteiger partial charge >= 0.3 is 0 Å². The topological polar surface area (TPSA) is 69.0 Å². The second-order valence-corrected chi connectivity index (χ2v) is 6.43. The number of fused-ring (bicyclic) bond motifs is 1. The molecule has 1 aromatic heterocycles. The van der Waals surface area contributed by atoms with Crippen LogP contribution in [0.4, 0.5) is 0 Å². The normalized spacial score (nSPS) is 13.9. The van der Waals surface area contributed by atoms with E-state index < -0.39 is 0 Å². The van der Waals surface area contributed by atoms with Crippen LogP contribution in [0.25, 0.3) is 6.08 Å². The van der Waals surface area contributed by atoms with Crippen LogP contribution < -0.4 is 10.1 Å². The highest BCUT2D eigenvalue weighted by molar-refractivity contribution is 5.91. The van der Waals surface area contributed by atoms with Crippen LogP contribution in [0, 0.1) is 0 Å². The number of ether oxygens (including phenoxy) is 1. The summed E-state index contributed by atoms with van der Waals surface area (Å²) in [4.78, 5) is 12.1. The standard InChI is InChI=1S/C19H24N4O2/c1-14(2)25-16-7-5-6-15(12-16)9-10-19(24)20-13-18-22-21-17-8-3-4-11-23(17)18/h5-7,9-10,12,14H,3-4,8,11,13H2,1-2H3,(H,20,24). The van der Waals surface area contributed by atoms with Gasteiger partial charge in [-0.05, 0) is 50.5 Å². The fourth-order valence-corrected chi connectivity index (χ4v) is 2.86. The van der Waals surface area contributed by atoms with Crippen molar-refractivity contribution in [2.45, 2.75) is 52.3 Å². The zero-order valence-electron chi connectivity index (χ0n) is 14.7. The minimum Gasteiger partial charge on any atom is -0.491 e. The number of aromatic nitrogens is 3. The zero-order valence-corrected chi connectivity index (χ0v) is 14.7. The third-order valence-electron chi connectivity index (χ3n) is 4.01. The Morgan fingerprint density at radius 2 is 2.24 bits per heavy atom. The number of amides is 1. The molecule has 0 saturated carbocycles. The number of rotatable bonds is 6. The zero-order chi connectivity index (χ0) is 17.6. The number of hydrogen-bond acceptors (Lipinski definition) is 4. The van der Waals surface area contributed by atoms with E-state index in [1.165, 1.54) is 6.08 Å². The van der Waals surface area contributed by atoms with Crippen molar-refractivity contribution >= 4 is 12.0 Å². The fourth-order valence-electron chi connectivity index (χ4n) is 2.86. The van der Waals surface area contributed by atoms with Gasteiger partial charge in [-0.2, -0.15) is 0 Å². The number of benzene rings is 1. The molecule has 25 heavy (non-hydrogen) atoms. The summed E-state index contributed by atoms with van der Waals surface area (Å²) in [7, 11) is 0. The summed E-state index contributed by atoms with van der Waals surface area (Å²) < 4.78 is 7.77. The average molecular weight is 340 g/mol. The SMILES string of the molecule is CC(C)Oc1cccc(C=CC(=O)NCc2nnc3n2CCCC3)c1. The Morgan fingerprint density at radius 3 is 3.08 bits per heavy atom. The monoisotopic (exact) mass is 340 g/mol. The predicted octanol–water partition coefficient (Wildman–Crippen LogP) is 2.73. The maximum Gasteiger partial charge on any atom is 0.244 e. The summed E-state index contributed by atoms with van der Waals surface area (Å²) in [5.41, 5.74) is 0.924. The van der Waals surface area contributed by atoms with E-state index in [2.05, 4.69) is 20.1 Å². The van der Waals surface area contributed by atoms with E-state index in [0.717, 1.165) is 48.8 Å². The van der Waals surface area contributed by atoms with Crippen LogP contribution in [0.1, 0.15) is 43.9 Å². The van der Waals surface area contributed by atoms with Crippen molar-refractivity contribution in [3.05, 3.63) is 47.6 Å². The van der Waals surface area contributed by atoms with Gasteiger partial charge in [-0.3, -0.25) is 4.79 Å². The molecule has 0 atom stereocenters. The minimum atomic E-state index is -0.150. The van der Waals surface area contributed by atoms with E-state index in [0.29, 0.717) is 6.54 Å². The van der Waals surface area contributed by atoms with Crippen molar-refractivity contribution in [2.75, 3.05) is 0 Å². The highest BCUT2D eigenvalue weighted by atomic mass is 16.5. The Kier molecular flexibility index (Phi) is 5.48. The molecule has 1 aliphatic rings.